The molecule has 20 heavy (non-hydrogen) atoms. The third-order valence-corrected chi connectivity index (χ3v) is 3.24. The van der Waals surface area contributed by atoms with Crippen LogP contribution in [-0.4, -0.2) is 19.9 Å². The third kappa shape index (κ3) is 2.44. The summed E-state index contributed by atoms with van der Waals surface area (Å²) in [7, 11) is 0. The van der Waals surface area contributed by atoms with Crippen LogP contribution >= 0.6 is 11.6 Å². The summed E-state index contributed by atoms with van der Waals surface area (Å²) in [5.74, 6) is 1.09. The highest BCUT2D eigenvalue weighted by molar-refractivity contribution is 6.28. The van der Waals surface area contributed by atoms with Crippen LogP contribution in [0.4, 0.5) is 11.5 Å². The van der Waals surface area contributed by atoms with Gasteiger partial charge in [0.05, 0.1) is 6.33 Å². The maximum atomic E-state index is 5.91. The topological polar surface area (TPSA) is 66.5 Å². The first kappa shape index (κ1) is 12.9. The number of benzene rings is 1. The summed E-state index contributed by atoms with van der Waals surface area (Å²) in [5.41, 5.74) is 3.51. The van der Waals surface area contributed by atoms with E-state index < -0.39 is 0 Å². The minimum atomic E-state index is 0.173. The number of imidazole rings is 1. The normalized spacial score (nSPS) is 11.2. The minimum Gasteiger partial charge on any atom is -0.340 e. The van der Waals surface area contributed by atoms with Gasteiger partial charge in [0.1, 0.15) is 5.52 Å². The van der Waals surface area contributed by atoms with E-state index in [-0.39, 0.29) is 5.28 Å². The monoisotopic (exact) mass is 287 g/mol. The van der Waals surface area contributed by atoms with Crippen LogP contribution in [0.25, 0.3) is 11.2 Å². The lowest BCUT2D eigenvalue weighted by molar-refractivity contribution is 0.867. The maximum absolute atomic E-state index is 5.91. The molecule has 0 amide bonds. The lowest BCUT2D eigenvalue weighted by atomic mass is 10.0. The van der Waals surface area contributed by atoms with E-state index in [2.05, 4.69) is 51.2 Å². The number of rotatable bonds is 3. The smallest absolute Gasteiger partial charge is 0.226 e. The van der Waals surface area contributed by atoms with E-state index in [1.54, 1.807) is 6.33 Å². The van der Waals surface area contributed by atoms with Crippen LogP contribution < -0.4 is 5.32 Å². The van der Waals surface area contributed by atoms with Gasteiger partial charge in [0, 0.05) is 5.69 Å². The zero-order valence-corrected chi connectivity index (χ0v) is 11.9. The van der Waals surface area contributed by atoms with Crippen LogP contribution in [0.1, 0.15) is 25.3 Å². The van der Waals surface area contributed by atoms with Gasteiger partial charge in [-0.15, -0.1) is 0 Å². The summed E-state index contributed by atoms with van der Waals surface area (Å²) in [4.78, 5) is 15.4. The molecular weight excluding hydrogens is 274 g/mol. The molecule has 0 spiro atoms. The molecule has 0 atom stereocenters. The summed E-state index contributed by atoms with van der Waals surface area (Å²) >= 11 is 5.91. The van der Waals surface area contributed by atoms with Gasteiger partial charge in [-0.2, -0.15) is 9.97 Å². The second-order valence-electron chi connectivity index (χ2n) is 4.85. The van der Waals surface area contributed by atoms with Crippen molar-refractivity contribution >= 4 is 34.3 Å². The second kappa shape index (κ2) is 5.09. The molecule has 0 radical (unpaired) electrons. The molecule has 3 aromatic rings. The van der Waals surface area contributed by atoms with Crippen molar-refractivity contribution in [1.29, 1.82) is 0 Å². The Labute approximate surface area is 121 Å². The molecule has 0 saturated heterocycles. The molecule has 0 aliphatic heterocycles. The molecule has 2 heterocycles. The van der Waals surface area contributed by atoms with E-state index in [0.717, 1.165) is 11.2 Å². The van der Waals surface area contributed by atoms with Crippen molar-refractivity contribution in [2.45, 2.75) is 19.8 Å². The van der Waals surface area contributed by atoms with Crippen molar-refractivity contribution in [3.63, 3.8) is 0 Å². The van der Waals surface area contributed by atoms with Gasteiger partial charge in [-0.1, -0.05) is 26.0 Å². The van der Waals surface area contributed by atoms with Crippen molar-refractivity contribution in [2.24, 2.45) is 0 Å². The van der Waals surface area contributed by atoms with Gasteiger partial charge in [0.2, 0.25) is 5.28 Å². The van der Waals surface area contributed by atoms with Gasteiger partial charge in [-0.05, 0) is 35.2 Å². The van der Waals surface area contributed by atoms with Crippen LogP contribution in [-0.2, 0) is 0 Å². The number of hydrogen-bond acceptors (Lipinski definition) is 4. The summed E-state index contributed by atoms with van der Waals surface area (Å²) in [6.07, 6.45) is 1.57. The van der Waals surface area contributed by atoms with E-state index in [0.29, 0.717) is 17.4 Å². The highest BCUT2D eigenvalue weighted by Gasteiger charge is 2.09. The summed E-state index contributed by atoms with van der Waals surface area (Å²) in [5, 5.41) is 3.44. The Morgan fingerprint density at radius 3 is 2.90 bits per heavy atom. The number of H-pyrrole nitrogens is 1. The minimum absolute atomic E-state index is 0.173. The Bertz CT molecular complexity index is 750. The largest absolute Gasteiger partial charge is 0.340 e. The standard InChI is InChI=1S/C14H14ClN5/c1-8(2)9-4-3-5-10(6-9)18-13-11-12(17-7-16-11)19-14(15)20-13/h3-8H,1-2H3,(H2,16,17,18,19,20). The second-order valence-corrected chi connectivity index (χ2v) is 5.19. The zero-order chi connectivity index (χ0) is 14.1. The molecule has 6 heteroatoms. The first-order valence-corrected chi connectivity index (χ1v) is 6.75. The summed E-state index contributed by atoms with van der Waals surface area (Å²) < 4.78 is 0. The number of aromatic nitrogens is 4. The van der Waals surface area contributed by atoms with E-state index in [4.69, 9.17) is 11.6 Å². The predicted octanol–water partition coefficient (Wildman–Crippen LogP) is 3.87. The van der Waals surface area contributed by atoms with Gasteiger partial charge in [-0.3, -0.25) is 0 Å². The average molecular weight is 288 g/mol. The number of nitrogens with zero attached hydrogens (tertiary/aromatic N) is 3. The van der Waals surface area contributed by atoms with Gasteiger partial charge in [-0.25, -0.2) is 4.98 Å². The zero-order valence-electron chi connectivity index (χ0n) is 11.2. The van der Waals surface area contributed by atoms with Crippen molar-refractivity contribution in [1.82, 2.24) is 19.9 Å². The van der Waals surface area contributed by atoms with Crippen molar-refractivity contribution in [3.05, 3.63) is 41.4 Å². The van der Waals surface area contributed by atoms with Crippen LogP contribution in [0, 0.1) is 0 Å². The molecule has 0 aliphatic rings. The fourth-order valence-electron chi connectivity index (χ4n) is 2.01. The molecule has 102 valence electrons. The average Bonchev–Trinajstić information content (AvgIpc) is 2.87. The fourth-order valence-corrected chi connectivity index (χ4v) is 2.17. The first-order chi connectivity index (χ1) is 9.63. The number of aromatic amines is 1. The fraction of sp³-hybridized carbons (Fsp3) is 0.214. The number of nitrogens with one attached hydrogen (secondary N) is 2. The lowest BCUT2D eigenvalue weighted by Gasteiger charge is -2.10. The molecule has 0 saturated carbocycles. The highest BCUT2D eigenvalue weighted by Crippen LogP contribution is 2.25. The Morgan fingerprint density at radius 1 is 1.25 bits per heavy atom. The van der Waals surface area contributed by atoms with Crippen LogP contribution in [0.3, 0.4) is 0 Å². The molecule has 3 rings (SSSR count). The van der Waals surface area contributed by atoms with Gasteiger partial charge in [0.15, 0.2) is 11.5 Å². The molecule has 2 aromatic heterocycles. The number of halogens is 1. The first-order valence-electron chi connectivity index (χ1n) is 6.37. The predicted molar refractivity (Wildman–Crippen MR) is 80.5 cm³/mol. The SMILES string of the molecule is CC(C)c1cccc(Nc2nc(Cl)nc3nc[nH]c23)c1. The van der Waals surface area contributed by atoms with E-state index in [1.165, 1.54) is 5.56 Å². The number of hydrogen-bond donors (Lipinski definition) is 2. The molecule has 0 unspecified atom stereocenters. The molecule has 2 N–H and O–H groups in total. The van der Waals surface area contributed by atoms with Crippen LogP contribution in [0.5, 0.6) is 0 Å². The third-order valence-electron chi connectivity index (χ3n) is 3.07. The van der Waals surface area contributed by atoms with E-state index >= 15 is 0 Å². The molecule has 1 aromatic carbocycles. The lowest BCUT2D eigenvalue weighted by Crippen LogP contribution is -1.98. The molecule has 0 aliphatic carbocycles. The molecular formula is C14H14ClN5. The summed E-state index contributed by atoms with van der Waals surface area (Å²) in [6, 6.07) is 8.21. The van der Waals surface area contributed by atoms with Gasteiger partial charge < -0.3 is 10.3 Å². The quantitative estimate of drug-likeness (QED) is 0.718. The Hall–Kier alpha value is -2.14. The Morgan fingerprint density at radius 2 is 2.10 bits per heavy atom. The molecule has 0 bridgehead atoms. The maximum Gasteiger partial charge on any atom is 0.226 e. The Kier molecular flexibility index (Phi) is 3.28. The van der Waals surface area contributed by atoms with Gasteiger partial charge >= 0.3 is 0 Å². The Balaban J connectivity index is 2.00. The van der Waals surface area contributed by atoms with Crippen LogP contribution in [0.2, 0.25) is 5.28 Å². The van der Waals surface area contributed by atoms with E-state index in [1.807, 2.05) is 12.1 Å². The molecule has 5 nitrogen and oxygen atoms in total. The van der Waals surface area contributed by atoms with Crippen molar-refractivity contribution < 1.29 is 0 Å². The van der Waals surface area contributed by atoms with E-state index in [9.17, 15) is 0 Å². The number of anilines is 2. The van der Waals surface area contributed by atoms with Crippen molar-refractivity contribution in [2.75, 3.05) is 5.32 Å². The highest BCUT2D eigenvalue weighted by atomic mass is 35.5. The summed E-state index contributed by atoms with van der Waals surface area (Å²) in [6.45, 7) is 4.32. The van der Waals surface area contributed by atoms with Crippen molar-refractivity contribution in [3.8, 4) is 0 Å². The molecule has 0 fully saturated rings. The van der Waals surface area contributed by atoms with Crippen LogP contribution in [0.15, 0.2) is 30.6 Å². The van der Waals surface area contributed by atoms with Gasteiger partial charge in [0.25, 0.3) is 0 Å². The number of fused-ring (bicyclic) bond motifs is 1.